The maximum atomic E-state index is 11.2. The molecule has 1 N–H and O–H groups in total. The number of methoxy groups -OCH3 is 1. The minimum Gasteiger partial charge on any atom is -0.496 e. The molecule has 0 amide bonds. The number of ether oxygens (including phenoxy) is 2. The van der Waals surface area contributed by atoms with Gasteiger partial charge in [0.1, 0.15) is 12.4 Å². The van der Waals surface area contributed by atoms with E-state index in [-0.39, 0.29) is 36.4 Å². The quantitative estimate of drug-likeness (QED) is 0.456. The number of rotatable bonds is 10. The Labute approximate surface area is 170 Å². The minimum absolute atomic E-state index is 0. The van der Waals surface area contributed by atoms with Gasteiger partial charge >= 0.3 is 11.7 Å². The first-order valence-electron chi connectivity index (χ1n) is 9.08. The van der Waals surface area contributed by atoms with Crippen LogP contribution in [0.25, 0.3) is 0 Å². The summed E-state index contributed by atoms with van der Waals surface area (Å²) >= 11 is 0. The molecule has 9 nitrogen and oxygen atoms in total. The van der Waals surface area contributed by atoms with Gasteiger partial charge in [0.2, 0.25) is 0 Å². The summed E-state index contributed by atoms with van der Waals surface area (Å²) in [5.74, 6) is -0.152. The van der Waals surface area contributed by atoms with Crippen molar-refractivity contribution in [1.82, 2.24) is 9.80 Å². The molecule has 0 saturated carbocycles. The normalized spacial score (nSPS) is 15.1. The van der Waals surface area contributed by atoms with Gasteiger partial charge in [0.05, 0.1) is 24.6 Å². The average molecular weight is 418 g/mol. The third kappa shape index (κ3) is 6.81. The van der Waals surface area contributed by atoms with Crippen LogP contribution in [-0.2, 0) is 4.79 Å². The number of likely N-dealkylation sites (tertiary alicyclic amines) is 1. The lowest BCUT2D eigenvalue weighted by Gasteiger charge is -2.37. The summed E-state index contributed by atoms with van der Waals surface area (Å²) in [6.07, 6.45) is 1.81. The molecule has 1 fully saturated rings. The van der Waals surface area contributed by atoms with Crippen LogP contribution in [0.15, 0.2) is 18.2 Å². The van der Waals surface area contributed by atoms with E-state index in [9.17, 15) is 14.9 Å². The Kier molecular flexibility index (Phi) is 9.98. The van der Waals surface area contributed by atoms with E-state index in [0.717, 1.165) is 32.5 Å². The number of carboxylic acid groups (broad SMARTS) is 1. The van der Waals surface area contributed by atoms with Crippen LogP contribution in [0.2, 0.25) is 0 Å². The van der Waals surface area contributed by atoms with Crippen LogP contribution in [0.1, 0.15) is 19.8 Å². The molecule has 1 aromatic carbocycles. The summed E-state index contributed by atoms with van der Waals surface area (Å²) in [7, 11) is 1.46. The van der Waals surface area contributed by atoms with Crippen molar-refractivity contribution in [1.29, 1.82) is 0 Å². The highest BCUT2D eigenvalue weighted by Gasteiger charge is 2.25. The molecule has 1 saturated heterocycles. The summed E-state index contributed by atoms with van der Waals surface area (Å²) in [5.41, 5.74) is -0.111. The van der Waals surface area contributed by atoms with Crippen molar-refractivity contribution in [3.63, 3.8) is 0 Å². The van der Waals surface area contributed by atoms with Gasteiger partial charge in [-0.1, -0.05) is 6.92 Å². The van der Waals surface area contributed by atoms with E-state index < -0.39 is 10.9 Å². The van der Waals surface area contributed by atoms with Crippen LogP contribution in [0.5, 0.6) is 11.5 Å². The summed E-state index contributed by atoms with van der Waals surface area (Å²) in [6, 6.07) is 4.82. The minimum atomic E-state index is -0.797. The predicted molar refractivity (Wildman–Crippen MR) is 107 cm³/mol. The number of nitro groups is 1. The Balaban J connectivity index is 0.00000392. The lowest BCUT2D eigenvalue weighted by atomic mass is 10.0. The first-order chi connectivity index (χ1) is 12.9. The van der Waals surface area contributed by atoms with Gasteiger partial charge in [0, 0.05) is 12.6 Å². The van der Waals surface area contributed by atoms with Crippen molar-refractivity contribution in [2.45, 2.75) is 25.8 Å². The van der Waals surface area contributed by atoms with Gasteiger partial charge in [-0.2, -0.15) is 0 Å². The molecule has 0 spiro atoms. The van der Waals surface area contributed by atoms with Crippen molar-refractivity contribution in [2.75, 3.05) is 46.4 Å². The smallest absolute Gasteiger partial charge is 0.317 e. The Morgan fingerprint density at radius 3 is 2.61 bits per heavy atom. The van der Waals surface area contributed by atoms with Crippen molar-refractivity contribution in [3.8, 4) is 11.5 Å². The number of carbonyl (C=O) groups is 1. The molecular weight excluding hydrogens is 390 g/mol. The first kappa shape index (κ1) is 23.9. The monoisotopic (exact) mass is 417 g/mol. The molecule has 1 aromatic rings. The average Bonchev–Trinajstić information content (AvgIpc) is 2.66. The highest BCUT2D eigenvalue weighted by Crippen LogP contribution is 2.31. The summed E-state index contributed by atoms with van der Waals surface area (Å²) < 4.78 is 10.6. The number of aliphatic carboxylic acids is 1. The van der Waals surface area contributed by atoms with E-state index in [1.54, 1.807) is 12.1 Å². The molecular formula is C18H28ClN3O6. The SMILES string of the molecule is CCN(CC(=O)O)C1CCN(CCOc2ccc(OC)cc2[N+](=O)[O-])CC1.Cl. The summed E-state index contributed by atoms with van der Waals surface area (Å²) in [5, 5.41) is 20.2. The van der Waals surface area contributed by atoms with Gasteiger partial charge in [-0.3, -0.25) is 24.7 Å². The molecule has 0 unspecified atom stereocenters. The number of piperidine rings is 1. The lowest BCUT2D eigenvalue weighted by molar-refractivity contribution is -0.385. The van der Waals surface area contributed by atoms with Crippen LogP contribution >= 0.6 is 12.4 Å². The zero-order valence-electron chi connectivity index (χ0n) is 16.2. The fourth-order valence-electron chi connectivity index (χ4n) is 3.35. The van der Waals surface area contributed by atoms with Gasteiger partial charge in [-0.15, -0.1) is 12.4 Å². The van der Waals surface area contributed by atoms with Gasteiger partial charge in [-0.25, -0.2) is 0 Å². The number of hydrogen-bond donors (Lipinski definition) is 1. The molecule has 2 rings (SSSR count). The number of carboxylic acids is 1. The maximum Gasteiger partial charge on any atom is 0.317 e. The molecule has 158 valence electrons. The Morgan fingerprint density at radius 1 is 1.39 bits per heavy atom. The van der Waals surface area contributed by atoms with E-state index in [2.05, 4.69) is 4.90 Å². The molecule has 0 radical (unpaired) electrons. The number of nitrogens with zero attached hydrogens (tertiary/aromatic N) is 3. The van der Waals surface area contributed by atoms with Crippen LogP contribution in [0, 0.1) is 10.1 Å². The maximum absolute atomic E-state index is 11.2. The molecule has 0 atom stereocenters. The van der Waals surface area contributed by atoms with Crippen molar-refractivity contribution in [3.05, 3.63) is 28.3 Å². The van der Waals surface area contributed by atoms with Crippen molar-refractivity contribution < 1.29 is 24.3 Å². The number of hydrogen-bond acceptors (Lipinski definition) is 7. The van der Waals surface area contributed by atoms with Gasteiger partial charge < -0.3 is 14.6 Å². The van der Waals surface area contributed by atoms with Crippen LogP contribution < -0.4 is 9.47 Å². The molecule has 0 aliphatic carbocycles. The highest BCUT2D eigenvalue weighted by molar-refractivity contribution is 5.85. The third-order valence-electron chi connectivity index (χ3n) is 4.85. The third-order valence-corrected chi connectivity index (χ3v) is 4.85. The fourth-order valence-corrected chi connectivity index (χ4v) is 3.35. The molecule has 1 aliphatic rings. The number of nitro benzene ring substituents is 1. The second-order valence-electron chi connectivity index (χ2n) is 6.47. The van der Waals surface area contributed by atoms with Crippen LogP contribution in [-0.4, -0.2) is 78.3 Å². The highest BCUT2D eigenvalue weighted by atomic mass is 35.5. The van der Waals surface area contributed by atoms with Crippen LogP contribution in [0.3, 0.4) is 0 Å². The van der Waals surface area contributed by atoms with E-state index in [1.165, 1.54) is 13.2 Å². The van der Waals surface area contributed by atoms with Gasteiger partial charge in [0.25, 0.3) is 0 Å². The van der Waals surface area contributed by atoms with E-state index in [0.29, 0.717) is 18.9 Å². The summed E-state index contributed by atoms with van der Waals surface area (Å²) in [4.78, 5) is 25.9. The molecule has 1 heterocycles. The zero-order chi connectivity index (χ0) is 19.8. The van der Waals surface area contributed by atoms with Gasteiger partial charge in [0.15, 0.2) is 5.75 Å². The Morgan fingerprint density at radius 2 is 2.07 bits per heavy atom. The first-order valence-corrected chi connectivity index (χ1v) is 9.08. The van der Waals surface area contributed by atoms with Crippen LogP contribution in [0.4, 0.5) is 5.69 Å². The number of halogens is 1. The largest absolute Gasteiger partial charge is 0.496 e. The molecule has 10 heteroatoms. The summed E-state index contributed by atoms with van der Waals surface area (Å²) in [6.45, 7) is 5.51. The molecule has 0 aromatic heterocycles. The Hall–Kier alpha value is -2.10. The molecule has 0 bridgehead atoms. The van der Waals surface area contributed by atoms with E-state index >= 15 is 0 Å². The number of likely N-dealkylation sites (N-methyl/N-ethyl adjacent to an activating group) is 1. The topological polar surface area (TPSA) is 105 Å². The second-order valence-corrected chi connectivity index (χ2v) is 6.47. The zero-order valence-corrected chi connectivity index (χ0v) is 17.0. The van der Waals surface area contributed by atoms with Crippen molar-refractivity contribution >= 4 is 24.1 Å². The van der Waals surface area contributed by atoms with Gasteiger partial charge in [-0.05, 0) is 44.6 Å². The lowest BCUT2D eigenvalue weighted by Crippen LogP contribution is -2.47. The standard InChI is InChI=1S/C18H27N3O6.ClH/c1-3-20(13-18(22)23)14-6-8-19(9-7-14)10-11-27-17-5-4-15(26-2)12-16(17)21(24)25;/h4-5,12,14H,3,6-11,13H2,1-2H3,(H,22,23);1H. The number of benzene rings is 1. The molecule has 1 aliphatic heterocycles. The molecule has 28 heavy (non-hydrogen) atoms. The second kappa shape index (κ2) is 11.7. The van der Waals surface area contributed by atoms with E-state index in [1.807, 2.05) is 11.8 Å². The van der Waals surface area contributed by atoms with Crippen molar-refractivity contribution in [2.24, 2.45) is 0 Å². The van der Waals surface area contributed by atoms with E-state index in [4.69, 9.17) is 14.6 Å². The fraction of sp³-hybridized carbons (Fsp3) is 0.611. The predicted octanol–water partition coefficient (Wildman–Crippen LogP) is 2.27. The Bertz CT molecular complexity index is 652.